The summed E-state index contributed by atoms with van der Waals surface area (Å²) in [5.74, 6) is 0.989. The van der Waals surface area contributed by atoms with Gasteiger partial charge < -0.3 is 33.5 Å². The first-order valence-corrected chi connectivity index (χ1v) is 9.65. The molecule has 0 aromatic heterocycles. The summed E-state index contributed by atoms with van der Waals surface area (Å²) in [6, 6.07) is 7.31. The fourth-order valence-corrected chi connectivity index (χ4v) is 4.81. The van der Waals surface area contributed by atoms with Crippen LogP contribution in [0.2, 0.25) is 0 Å². The van der Waals surface area contributed by atoms with Gasteiger partial charge in [0.15, 0.2) is 23.0 Å². The largest absolute Gasteiger partial charge is 0.493 e. The smallest absolute Gasteiger partial charge is 0.310 e. The summed E-state index contributed by atoms with van der Waals surface area (Å²) in [6.07, 6.45) is -0.843. The van der Waals surface area contributed by atoms with Gasteiger partial charge in [-0.3, -0.25) is 4.79 Å². The van der Waals surface area contributed by atoms with Gasteiger partial charge in [-0.05, 0) is 41.0 Å². The summed E-state index contributed by atoms with van der Waals surface area (Å²) in [6.45, 7) is 0.289. The van der Waals surface area contributed by atoms with Crippen LogP contribution in [0.15, 0.2) is 24.3 Å². The Kier molecular flexibility index (Phi) is 4.39. The molecule has 0 saturated carbocycles. The van der Waals surface area contributed by atoms with Crippen LogP contribution in [0.25, 0.3) is 0 Å². The molecule has 0 bridgehead atoms. The summed E-state index contributed by atoms with van der Waals surface area (Å²) < 4.78 is 32.9. The summed E-state index contributed by atoms with van der Waals surface area (Å²) >= 11 is 0. The van der Waals surface area contributed by atoms with Crippen LogP contribution in [0.5, 0.6) is 28.7 Å². The molecule has 5 rings (SSSR count). The molecule has 2 heterocycles. The lowest BCUT2D eigenvalue weighted by molar-refractivity contribution is -0.141. The van der Waals surface area contributed by atoms with Crippen molar-refractivity contribution in [3.63, 3.8) is 0 Å². The van der Waals surface area contributed by atoms with Gasteiger partial charge >= 0.3 is 5.97 Å². The van der Waals surface area contributed by atoms with Crippen molar-refractivity contribution in [3.05, 3.63) is 41.0 Å². The van der Waals surface area contributed by atoms with Crippen molar-refractivity contribution in [2.75, 3.05) is 34.7 Å². The number of esters is 1. The van der Waals surface area contributed by atoms with E-state index < -0.39 is 12.0 Å². The molecule has 8 nitrogen and oxygen atoms in total. The van der Waals surface area contributed by atoms with E-state index in [1.807, 2.05) is 18.2 Å². The van der Waals surface area contributed by atoms with E-state index in [2.05, 4.69) is 0 Å². The van der Waals surface area contributed by atoms with E-state index in [0.717, 1.165) is 11.1 Å². The first-order chi connectivity index (χ1) is 14.6. The van der Waals surface area contributed by atoms with Gasteiger partial charge in [-0.25, -0.2) is 0 Å². The third-order valence-electron chi connectivity index (χ3n) is 6.19. The molecule has 4 atom stereocenters. The van der Waals surface area contributed by atoms with Crippen molar-refractivity contribution in [2.24, 2.45) is 11.8 Å². The van der Waals surface area contributed by atoms with E-state index in [-0.39, 0.29) is 31.2 Å². The Morgan fingerprint density at radius 2 is 1.53 bits per heavy atom. The number of aliphatic hydroxyl groups excluding tert-OH is 1. The second kappa shape index (κ2) is 6.98. The van der Waals surface area contributed by atoms with Crippen LogP contribution in [-0.4, -0.2) is 45.8 Å². The predicted molar refractivity (Wildman–Crippen MR) is 103 cm³/mol. The number of carbonyl (C=O) groups is 1. The maximum Gasteiger partial charge on any atom is 0.310 e. The molecule has 30 heavy (non-hydrogen) atoms. The average Bonchev–Trinajstić information content (AvgIpc) is 3.38. The number of benzene rings is 2. The monoisotopic (exact) mass is 414 g/mol. The summed E-state index contributed by atoms with van der Waals surface area (Å²) in [5, 5.41) is 11.0. The number of hydrogen-bond donors (Lipinski definition) is 1. The summed E-state index contributed by atoms with van der Waals surface area (Å²) in [5.41, 5.74) is 2.30. The normalized spacial score (nSPS) is 25.9. The Hall–Kier alpha value is -3.13. The number of hydrogen-bond acceptors (Lipinski definition) is 8. The highest BCUT2D eigenvalue weighted by molar-refractivity contribution is 5.79. The zero-order valence-corrected chi connectivity index (χ0v) is 16.8. The SMILES string of the molecule is COc1cc([C@H]2c3cc4c(cc3[C@H](O)[C@@H]3COC(=O)[C@H]23)OCO4)cc(OC)c1OC. The Balaban J connectivity index is 1.74. The molecule has 0 unspecified atom stereocenters. The van der Waals surface area contributed by atoms with Crippen molar-refractivity contribution in [1.29, 1.82) is 0 Å². The number of rotatable bonds is 4. The van der Waals surface area contributed by atoms with Crippen molar-refractivity contribution in [1.82, 2.24) is 0 Å². The quantitative estimate of drug-likeness (QED) is 0.763. The number of carbonyl (C=O) groups excluding carboxylic acids is 1. The third-order valence-corrected chi connectivity index (χ3v) is 6.19. The van der Waals surface area contributed by atoms with Gasteiger partial charge in [0.05, 0.1) is 40.0 Å². The zero-order valence-electron chi connectivity index (χ0n) is 16.8. The highest BCUT2D eigenvalue weighted by atomic mass is 16.7. The molecule has 1 fully saturated rings. The van der Waals surface area contributed by atoms with Gasteiger partial charge in [0, 0.05) is 11.8 Å². The summed E-state index contributed by atoms with van der Waals surface area (Å²) in [7, 11) is 4.63. The highest BCUT2D eigenvalue weighted by Gasteiger charge is 2.52. The second-order valence-electron chi connectivity index (χ2n) is 7.54. The minimum atomic E-state index is -0.843. The fraction of sp³-hybridized carbons (Fsp3) is 0.409. The van der Waals surface area contributed by atoms with E-state index in [1.165, 1.54) is 7.11 Å². The van der Waals surface area contributed by atoms with Crippen molar-refractivity contribution in [2.45, 2.75) is 12.0 Å². The minimum Gasteiger partial charge on any atom is -0.493 e. The fourth-order valence-electron chi connectivity index (χ4n) is 4.81. The maximum absolute atomic E-state index is 12.7. The van der Waals surface area contributed by atoms with Gasteiger partial charge in [-0.2, -0.15) is 0 Å². The van der Waals surface area contributed by atoms with Gasteiger partial charge in [0.1, 0.15) is 0 Å². The average molecular weight is 414 g/mol. The van der Waals surface area contributed by atoms with E-state index in [1.54, 1.807) is 20.3 Å². The molecule has 158 valence electrons. The molecule has 2 aromatic rings. The van der Waals surface area contributed by atoms with Gasteiger partial charge in [0.25, 0.3) is 0 Å². The van der Waals surface area contributed by atoms with Gasteiger partial charge in [-0.1, -0.05) is 0 Å². The van der Waals surface area contributed by atoms with Crippen LogP contribution in [0.1, 0.15) is 28.7 Å². The molecule has 1 saturated heterocycles. The first-order valence-electron chi connectivity index (χ1n) is 9.65. The lowest BCUT2D eigenvalue weighted by atomic mass is 9.66. The van der Waals surface area contributed by atoms with Crippen LogP contribution in [0.3, 0.4) is 0 Å². The molecular weight excluding hydrogens is 392 g/mol. The Morgan fingerprint density at radius 3 is 2.13 bits per heavy atom. The molecule has 0 spiro atoms. The molecule has 1 aliphatic carbocycles. The molecule has 0 radical (unpaired) electrons. The highest BCUT2D eigenvalue weighted by Crippen LogP contribution is 2.55. The molecule has 3 aliphatic rings. The number of cyclic esters (lactones) is 1. The predicted octanol–water partition coefficient (Wildman–Crippen LogP) is 2.41. The third kappa shape index (κ3) is 2.60. The van der Waals surface area contributed by atoms with Gasteiger partial charge in [-0.15, -0.1) is 0 Å². The van der Waals surface area contributed by atoms with E-state index in [4.69, 9.17) is 28.4 Å². The Labute approximate surface area is 173 Å². The van der Waals surface area contributed by atoms with Crippen LogP contribution in [-0.2, 0) is 9.53 Å². The molecule has 2 aliphatic heterocycles. The molecule has 8 heteroatoms. The van der Waals surface area contributed by atoms with Crippen LogP contribution in [0.4, 0.5) is 0 Å². The number of aliphatic hydroxyl groups is 1. The molecule has 1 N–H and O–H groups in total. The Bertz CT molecular complexity index is 991. The molecular formula is C22H22O8. The second-order valence-corrected chi connectivity index (χ2v) is 7.54. The van der Waals surface area contributed by atoms with E-state index >= 15 is 0 Å². The Morgan fingerprint density at radius 1 is 0.900 bits per heavy atom. The van der Waals surface area contributed by atoms with E-state index in [9.17, 15) is 9.90 Å². The lowest BCUT2D eigenvalue weighted by Gasteiger charge is -2.37. The summed E-state index contributed by atoms with van der Waals surface area (Å²) in [4.78, 5) is 12.7. The van der Waals surface area contributed by atoms with Crippen LogP contribution >= 0.6 is 0 Å². The van der Waals surface area contributed by atoms with Gasteiger partial charge in [0.2, 0.25) is 12.5 Å². The number of ether oxygens (including phenoxy) is 6. The molecule has 0 amide bonds. The van der Waals surface area contributed by atoms with Crippen LogP contribution in [0, 0.1) is 11.8 Å². The van der Waals surface area contributed by atoms with E-state index in [0.29, 0.717) is 34.3 Å². The van der Waals surface area contributed by atoms with Crippen molar-refractivity contribution in [3.8, 4) is 28.7 Å². The molecule has 2 aromatic carbocycles. The number of methoxy groups -OCH3 is 3. The first kappa shape index (κ1) is 18.9. The topological polar surface area (TPSA) is 92.7 Å². The standard InChI is InChI=1S/C22H22O8/c1-25-16-4-10(5-17(26-2)21(16)27-3)18-11-6-14-15(30-9-29-14)7-12(11)20(23)13-8-28-22(24)19(13)18/h4-7,13,18-20,23H,8-9H2,1-3H3/t13-,18+,19+,20+/m1/s1. The number of fused-ring (bicyclic) bond motifs is 3. The van der Waals surface area contributed by atoms with Crippen LogP contribution < -0.4 is 23.7 Å². The van der Waals surface area contributed by atoms with Crippen molar-refractivity contribution < 1.29 is 38.3 Å². The lowest BCUT2D eigenvalue weighted by Crippen LogP contribution is -2.34. The minimum absolute atomic E-state index is 0.123. The van der Waals surface area contributed by atoms with Crippen molar-refractivity contribution >= 4 is 5.97 Å². The zero-order chi connectivity index (χ0) is 21.0. The maximum atomic E-state index is 12.7.